The van der Waals surface area contributed by atoms with Crippen molar-refractivity contribution in [1.29, 1.82) is 0 Å². The predicted octanol–water partition coefficient (Wildman–Crippen LogP) is 6.55. The number of allylic oxidation sites excluding steroid dienone is 1. The lowest BCUT2D eigenvalue weighted by Gasteiger charge is -2.21. The fourth-order valence-electron chi connectivity index (χ4n) is 3.01. The van der Waals surface area contributed by atoms with E-state index in [-0.39, 0.29) is 11.9 Å². The highest BCUT2D eigenvalue weighted by Gasteiger charge is 2.18. The zero-order valence-corrected chi connectivity index (χ0v) is 18.5. The third-order valence-corrected chi connectivity index (χ3v) is 4.40. The van der Waals surface area contributed by atoms with E-state index in [1.807, 2.05) is 20.8 Å². The van der Waals surface area contributed by atoms with Crippen LogP contribution in [0.3, 0.4) is 0 Å². The van der Waals surface area contributed by atoms with E-state index >= 15 is 0 Å². The Labute approximate surface area is 171 Å². The topological polar surface area (TPSA) is 52.6 Å². The van der Waals surface area contributed by atoms with Crippen molar-refractivity contribution >= 4 is 23.5 Å². The zero-order valence-electron chi connectivity index (χ0n) is 17.8. The summed E-state index contributed by atoms with van der Waals surface area (Å²) in [5, 5.41) is 0.664. The second-order valence-electron chi connectivity index (χ2n) is 8.32. The van der Waals surface area contributed by atoms with E-state index in [1.165, 1.54) is 32.6 Å². The molecule has 158 valence electrons. The Bertz CT molecular complexity index is 440. The second-order valence-corrected chi connectivity index (χ2v) is 8.85. The van der Waals surface area contributed by atoms with Gasteiger partial charge in [-0.05, 0) is 46.0 Å². The Hall–Kier alpha value is -1.03. The minimum atomic E-state index is -0.430. The van der Waals surface area contributed by atoms with Gasteiger partial charge in [-0.2, -0.15) is 0 Å². The van der Waals surface area contributed by atoms with Crippen molar-refractivity contribution in [2.45, 2.75) is 104 Å². The second kappa shape index (κ2) is 15.0. The Balaban J connectivity index is 3.84. The highest BCUT2D eigenvalue weighted by molar-refractivity contribution is 6.29. The lowest BCUT2D eigenvalue weighted by atomic mass is 9.92. The van der Waals surface area contributed by atoms with E-state index in [2.05, 4.69) is 6.58 Å². The molecule has 27 heavy (non-hydrogen) atoms. The lowest BCUT2D eigenvalue weighted by molar-refractivity contribution is -0.155. The summed E-state index contributed by atoms with van der Waals surface area (Å²) in [6.45, 7) is 11.5. The number of esters is 2. The molecule has 0 aromatic rings. The van der Waals surface area contributed by atoms with E-state index in [0.717, 1.165) is 38.5 Å². The number of rotatable bonds is 15. The van der Waals surface area contributed by atoms with Gasteiger partial charge in [0.05, 0.1) is 6.61 Å². The molecule has 0 radical (unpaired) electrons. The van der Waals surface area contributed by atoms with Crippen molar-refractivity contribution < 1.29 is 19.1 Å². The van der Waals surface area contributed by atoms with Gasteiger partial charge in [0, 0.05) is 18.4 Å². The molecule has 0 saturated carbocycles. The number of hydrogen-bond donors (Lipinski definition) is 0. The van der Waals surface area contributed by atoms with Crippen molar-refractivity contribution in [3.05, 3.63) is 11.6 Å². The van der Waals surface area contributed by atoms with Gasteiger partial charge in [0.15, 0.2) is 0 Å². The maximum absolute atomic E-state index is 11.9. The van der Waals surface area contributed by atoms with E-state index in [9.17, 15) is 9.59 Å². The SMILES string of the molecule is C=C(Cl)CC(CCCCCCCCCOC(C)=O)CCC(=O)OC(C)(C)C. The molecule has 0 N–H and O–H groups in total. The highest BCUT2D eigenvalue weighted by Crippen LogP contribution is 2.25. The minimum absolute atomic E-state index is 0.138. The van der Waals surface area contributed by atoms with Crippen LogP contribution < -0.4 is 0 Å². The van der Waals surface area contributed by atoms with Crippen LogP contribution in [-0.4, -0.2) is 24.1 Å². The minimum Gasteiger partial charge on any atom is -0.466 e. The number of ether oxygens (including phenoxy) is 2. The quantitative estimate of drug-likeness (QED) is 0.230. The average molecular weight is 403 g/mol. The monoisotopic (exact) mass is 402 g/mol. The van der Waals surface area contributed by atoms with Crippen molar-refractivity contribution in [2.24, 2.45) is 5.92 Å². The van der Waals surface area contributed by atoms with Crippen molar-refractivity contribution in [2.75, 3.05) is 6.61 Å². The van der Waals surface area contributed by atoms with Crippen LogP contribution in [0.1, 0.15) is 98.3 Å². The van der Waals surface area contributed by atoms with Crippen molar-refractivity contribution in [3.8, 4) is 0 Å². The first-order valence-electron chi connectivity index (χ1n) is 10.3. The molecule has 0 bridgehead atoms. The first-order valence-corrected chi connectivity index (χ1v) is 10.7. The fraction of sp³-hybridized carbons (Fsp3) is 0.818. The van der Waals surface area contributed by atoms with Crippen LogP contribution in [0, 0.1) is 5.92 Å². The van der Waals surface area contributed by atoms with Crippen LogP contribution in [0.2, 0.25) is 0 Å². The predicted molar refractivity (Wildman–Crippen MR) is 112 cm³/mol. The molecular weight excluding hydrogens is 364 g/mol. The van der Waals surface area contributed by atoms with E-state index in [1.54, 1.807) is 0 Å². The first kappa shape index (κ1) is 26.0. The third kappa shape index (κ3) is 19.5. The van der Waals surface area contributed by atoms with Crippen LogP contribution >= 0.6 is 11.6 Å². The summed E-state index contributed by atoms with van der Waals surface area (Å²) in [7, 11) is 0. The van der Waals surface area contributed by atoms with Gasteiger partial charge in [-0.15, -0.1) is 0 Å². The van der Waals surface area contributed by atoms with Crippen LogP contribution in [0.5, 0.6) is 0 Å². The van der Waals surface area contributed by atoms with E-state index in [4.69, 9.17) is 21.1 Å². The van der Waals surface area contributed by atoms with Crippen LogP contribution in [-0.2, 0) is 19.1 Å². The molecule has 0 saturated heterocycles. The molecule has 0 aliphatic rings. The Kier molecular flexibility index (Phi) is 14.4. The molecule has 0 amide bonds. The fourth-order valence-corrected chi connectivity index (χ4v) is 3.23. The van der Waals surface area contributed by atoms with Gasteiger partial charge in [0.2, 0.25) is 0 Å². The first-order chi connectivity index (χ1) is 12.6. The summed E-state index contributed by atoms with van der Waals surface area (Å²) in [5.41, 5.74) is -0.430. The lowest BCUT2D eigenvalue weighted by Crippen LogP contribution is -2.24. The number of carbonyl (C=O) groups excluding carboxylic acids is 2. The molecule has 0 aromatic heterocycles. The van der Waals surface area contributed by atoms with Gasteiger partial charge in [-0.25, -0.2) is 0 Å². The molecule has 0 heterocycles. The van der Waals surface area contributed by atoms with E-state index < -0.39 is 5.60 Å². The molecular formula is C22H39ClO4. The van der Waals surface area contributed by atoms with Gasteiger partial charge in [-0.1, -0.05) is 63.1 Å². The third-order valence-electron chi connectivity index (χ3n) is 4.25. The summed E-state index contributed by atoms with van der Waals surface area (Å²) in [4.78, 5) is 22.6. The van der Waals surface area contributed by atoms with Gasteiger partial charge < -0.3 is 9.47 Å². The maximum Gasteiger partial charge on any atom is 0.306 e. The summed E-state index contributed by atoms with van der Waals surface area (Å²) in [5.74, 6) is 0.0588. The van der Waals surface area contributed by atoms with Gasteiger partial charge in [0.25, 0.3) is 0 Å². The summed E-state index contributed by atoms with van der Waals surface area (Å²) < 4.78 is 10.3. The molecule has 0 spiro atoms. The summed E-state index contributed by atoms with van der Waals surface area (Å²) in [6.07, 6.45) is 11.1. The molecule has 0 aromatic carbocycles. The summed E-state index contributed by atoms with van der Waals surface area (Å²) in [6, 6.07) is 0. The smallest absolute Gasteiger partial charge is 0.306 e. The standard InChI is InChI=1S/C22H39ClO4/c1-18(23)17-20(14-15-21(25)27-22(3,4)5)13-11-9-7-6-8-10-12-16-26-19(2)24/h20H,1,6-17H2,2-5H3. The normalized spacial score (nSPS) is 12.5. The van der Waals surface area contributed by atoms with Crippen molar-refractivity contribution in [1.82, 2.24) is 0 Å². The van der Waals surface area contributed by atoms with E-state index in [0.29, 0.717) is 24.0 Å². The number of halogens is 1. The van der Waals surface area contributed by atoms with Crippen LogP contribution in [0.25, 0.3) is 0 Å². The van der Waals surface area contributed by atoms with Gasteiger partial charge >= 0.3 is 11.9 Å². The number of carbonyl (C=O) groups is 2. The van der Waals surface area contributed by atoms with Gasteiger partial charge in [-0.3, -0.25) is 9.59 Å². The molecule has 1 atom stereocenters. The Morgan fingerprint density at radius 1 is 0.963 bits per heavy atom. The molecule has 0 rings (SSSR count). The average Bonchev–Trinajstić information content (AvgIpc) is 2.51. The van der Waals surface area contributed by atoms with Gasteiger partial charge in [0.1, 0.15) is 5.60 Å². The molecule has 0 aliphatic heterocycles. The number of hydrogen-bond acceptors (Lipinski definition) is 4. The molecule has 0 fully saturated rings. The molecule has 1 unspecified atom stereocenters. The molecule has 5 heteroatoms. The Morgan fingerprint density at radius 3 is 2.04 bits per heavy atom. The Morgan fingerprint density at radius 2 is 1.52 bits per heavy atom. The summed E-state index contributed by atoms with van der Waals surface area (Å²) >= 11 is 5.99. The van der Waals surface area contributed by atoms with Crippen LogP contribution in [0.4, 0.5) is 0 Å². The molecule has 0 aliphatic carbocycles. The highest BCUT2D eigenvalue weighted by atomic mass is 35.5. The maximum atomic E-state index is 11.9. The van der Waals surface area contributed by atoms with Crippen molar-refractivity contribution in [3.63, 3.8) is 0 Å². The molecule has 4 nitrogen and oxygen atoms in total. The van der Waals surface area contributed by atoms with Crippen LogP contribution in [0.15, 0.2) is 11.6 Å². The largest absolute Gasteiger partial charge is 0.466 e. The zero-order chi connectivity index (χ0) is 20.7. The number of unbranched alkanes of at least 4 members (excludes halogenated alkanes) is 6.